The summed E-state index contributed by atoms with van der Waals surface area (Å²) >= 11 is 0. The molecule has 0 heterocycles. The number of carbonyl (C=O) groups is 3. The van der Waals surface area contributed by atoms with Gasteiger partial charge in [0.1, 0.15) is 5.75 Å². The highest BCUT2D eigenvalue weighted by Crippen LogP contribution is 2.14. The molecule has 7 nitrogen and oxygen atoms in total. The number of aliphatic carboxylic acids is 1. The second-order valence-corrected chi connectivity index (χ2v) is 5.62. The Kier molecular flexibility index (Phi) is 7.38. The molecule has 1 aromatic rings. The van der Waals surface area contributed by atoms with E-state index >= 15 is 0 Å². The third kappa shape index (κ3) is 5.66. The molecule has 1 aromatic carbocycles. The summed E-state index contributed by atoms with van der Waals surface area (Å²) in [4.78, 5) is 35.1. The van der Waals surface area contributed by atoms with Gasteiger partial charge in [-0.2, -0.15) is 0 Å². The number of carboxylic acid groups (broad SMARTS) is 1. The first kappa shape index (κ1) is 19.6. The Labute approximate surface area is 141 Å². The number of benzene rings is 1. The van der Waals surface area contributed by atoms with Crippen LogP contribution in [0.1, 0.15) is 36.5 Å². The zero-order valence-corrected chi connectivity index (χ0v) is 14.1. The number of nitrogens with one attached hydrogen (secondary N) is 1. The molecule has 0 aliphatic carbocycles. The standard InChI is InChI=1S/C17H23NO6/c1-17(11-23-2,16(21)22)18-15(20)6-4-5-14(19)12-7-9-13(24-3)10-8-12/h7-10H,4-6,11H2,1-3H3,(H,18,20)(H,21,22). The van der Waals surface area contributed by atoms with Crippen LogP contribution in [-0.4, -0.2) is 49.1 Å². The molecule has 1 atom stereocenters. The molecule has 0 aromatic heterocycles. The molecule has 0 aliphatic rings. The van der Waals surface area contributed by atoms with Crippen LogP contribution in [0.2, 0.25) is 0 Å². The lowest BCUT2D eigenvalue weighted by molar-refractivity contribution is -0.149. The predicted molar refractivity (Wildman–Crippen MR) is 87.2 cm³/mol. The molecule has 1 unspecified atom stereocenters. The number of carboxylic acids is 1. The molecule has 2 N–H and O–H groups in total. The molecular formula is C17H23NO6. The smallest absolute Gasteiger partial charge is 0.331 e. The third-order valence-corrected chi connectivity index (χ3v) is 3.54. The molecule has 132 valence electrons. The Morgan fingerprint density at radius 2 is 1.75 bits per heavy atom. The Morgan fingerprint density at radius 1 is 1.12 bits per heavy atom. The molecule has 24 heavy (non-hydrogen) atoms. The van der Waals surface area contributed by atoms with Crippen LogP contribution in [0.25, 0.3) is 0 Å². The minimum Gasteiger partial charge on any atom is -0.497 e. The van der Waals surface area contributed by atoms with Crippen molar-refractivity contribution in [2.75, 3.05) is 20.8 Å². The van der Waals surface area contributed by atoms with E-state index in [1.54, 1.807) is 31.4 Å². The number of ketones is 1. The largest absolute Gasteiger partial charge is 0.497 e. The number of carbonyl (C=O) groups excluding carboxylic acids is 2. The highest BCUT2D eigenvalue weighted by atomic mass is 16.5. The average molecular weight is 337 g/mol. The van der Waals surface area contributed by atoms with Gasteiger partial charge in [-0.1, -0.05) is 0 Å². The summed E-state index contributed by atoms with van der Waals surface area (Å²) in [6.45, 7) is 1.23. The quantitative estimate of drug-likeness (QED) is 0.630. The summed E-state index contributed by atoms with van der Waals surface area (Å²) in [5.74, 6) is -1.02. The highest BCUT2D eigenvalue weighted by molar-refractivity contribution is 5.96. The van der Waals surface area contributed by atoms with E-state index < -0.39 is 17.4 Å². The molecule has 0 fully saturated rings. The van der Waals surface area contributed by atoms with Crippen LogP contribution < -0.4 is 10.1 Å². The number of rotatable bonds is 10. The van der Waals surface area contributed by atoms with Gasteiger partial charge in [0, 0.05) is 25.5 Å². The zero-order chi connectivity index (χ0) is 18.2. The van der Waals surface area contributed by atoms with Crippen LogP contribution in [0.5, 0.6) is 5.75 Å². The molecular weight excluding hydrogens is 314 g/mol. The second-order valence-electron chi connectivity index (χ2n) is 5.62. The summed E-state index contributed by atoms with van der Waals surface area (Å²) < 4.78 is 9.85. The first-order valence-corrected chi connectivity index (χ1v) is 7.53. The van der Waals surface area contributed by atoms with E-state index in [2.05, 4.69) is 5.32 Å². The van der Waals surface area contributed by atoms with Crippen molar-refractivity contribution in [2.45, 2.75) is 31.7 Å². The molecule has 0 saturated carbocycles. The monoisotopic (exact) mass is 337 g/mol. The number of methoxy groups -OCH3 is 2. The molecule has 0 radical (unpaired) electrons. The van der Waals surface area contributed by atoms with E-state index in [9.17, 15) is 14.4 Å². The molecule has 1 amide bonds. The Balaban J connectivity index is 2.46. The predicted octanol–water partition coefficient (Wildman–Crippen LogP) is 1.65. The normalized spacial score (nSPS) is 13.0. The van der Waals surface area contributed by atoms with Gasteiger partial charge in [0.05, 0.1) is 13.7 Å². The van der Waals surface area contributed by atoms with Crippen molar-refractivity contribution in [3.63, 3.8) is 0 Å². The van der Waals surface area contributed by atoms with Crippen LogP contribution in [-0.2, 0) is 14.3 Å². The van der Waals surface area contributed by atoms with Gasteiger partial charge in [0.25, 0.3) is 0 Å². The number of hydrogen-bond acceptors (Lipinski definition) is 5. The van der Waals surface area contributed by atoms with E-state index in [0.29, 0.717) is 17.7 Å². The Morgan fingerprint density at radius 3 is 2.25 bits per heavy atom. The maximum Gasteiger partial charge on any atom is 0.331 e. The lowest BCUT2D eigenvalue weighted by atomic mass is 10.0. The fourth-order valence-electron chi connectivity index (χ4n) is 2.14. The van der Waals surface area contributed by atoms with Crippen molar-refractivity contribution in [3.05, 3.63) is 29.8 Å². The molecule has 7 heteroatoms. The van der Waals surface area contributed by atoms with Crippen molar-refractivity contribution < 1.29 is 29.0 Å². The lowest BCUT2D eigenvalue weighted by Crippen LogP contribution is -2.55. The topological polar surface area (TPSA) is 102 Å². The van der Waals surface area contributed by atoms with E-state index in [1.165, 1.54) is 14.0 Å². The van der Waals surface area contributed by atoms with Crippen molar-refractivity contribution >= 4 is 17.7 Å². The number of Topliss-reactive ketones (excluding diaryl/α,β-unsaturated/α-hetero) is 1. The summed E-state index contributed by atoms with van der Waals surface area (Å²) in [7, 11) is 2.91. The molecule has 0 bridgehead atoms. The maximum atomic E-state index is 12.0. The first-order valence-electron chi connectivity index (χ1n) is 7.53. The molecule has 0 spiro atoms. The summed E-state index contributed by atoms with van der Waals surface area (Å²) in [6.07, 6.45) is 0.599. The molecule has 1 rings (SSSR count). The van der Waals surface area contributed by atoms with E-state index in [4.69, 9.17) is 14.6 Å². The number of amides is 1. The van der Waals surface area contributed by atoms with E-state index in [-0.39, 0.29) is 25.2 Å². The lowest BCUT2D eigenvalue weighted by Gasteiger charge is -2.25. The van der Waals surface area contributed by atoms with Crippen LogP contribution in [0.15, 0.2) is 24.3 Å². The third-order valence-electron chi connectivity index (χ3n) is 3.54. The fourth-order valence-corrected chi connectivity index (χ4v) is 2.14. The van der Waals surface area contributed by atoms with Gasteiger partial charge in [0.15, 0.2) is 11.3 Å². The average Bonchev–Trinajstić information content (AvgIpc) is 2.54. The molecule has 0 aliphatic heterocycles. The van der Waals surface area contributed by atoms with Crippen LogP contribution in [0.4, 0.5) is 0 Å². The first-order chi connectivity index (χ1) is 11.3. The number of hydrogen-bond donors (Lipinski definition) is 2. The van der Waals surface area contributed by atoms with Gasteiger partial charge < -0.3 is 19.9 Å². The zero-order valence-electron chi connectivity index (χ0n) is 14.1. The van der Waals surface area contributed by atoms with Gasteiger partial charge >= 0.3 is 5.97 Å². The van der Waals surface area contributed by atoms with E-state index in [0.717, 1.165) is 0 Å². The van der Waals surface area contributed by atoms with Crippen molar-refractivity contribution in [1.82, 2.24) is 5.32 Å². The van der Waals surface area contributed by atoms with Crippen molar-refractivity contribution in [2.24, 2.45) is 0 Å². The van der Waals surface area contributed by atoms with Crippen molar-refractivity contribution in [3.8, 4) is 5.75 Å². The van der Waals surface area contributed by atoms with Gasteiger partial charge in [-0.25, -0.2) is 4.79 Å². The number of ether oxygens (including phenoxy) is 2. The SMILES string of the molecule is COCC(C)(NC(=O)CCCC(=O)c1ccc(OC)cc1)C(=O)O. The van der Waals surface area contributed by atoms with Crippen LogP contribution >= 0.6 is 0 Å². The maximum absolute atomic E-state index is 12.0. The summed E-state index contributed by atoms with van der Waals surface area (Å²) in [6, 6.07) is 6.73. The Bertz CT molecular complexity index is 583. The van der Waals surface area contributed by atoms with Gasteiger partial charge in [-0.3, -0.25) is 9.59 Å². The summed E-state index contributed by atoms with van der Waals surface area (Å²) in [5, 5.41) is 11.6. The van der Waals surface area contributed by atoms with Crippen LogP contribution in [0.3, 0.4) is 0 Å². The second kappa shape index (κ2) is 9.02. The minimum absolute atomic E-state index is 0.0640. The minimum atomic E-state index is -1.48. The van der Waals surface area contributed by atoms with Gasteiger partial charge in [-0.15, -0.1) is 0 Å². The fraction of sp³-hybridized carbons (Fsp3) is 0.471. The summed E-state index contributed by atoms with van der Waals surface area (Å²) in [5.41, 5.74) is -0.933. The van der Waals surface area contributed by atoms with Gasteiger partial charge in [0.2, 0.25) is 5.91 Å². The van der Waals surface area contributed by atoms with E-state index in [1.807, 2.05) is 0 Å². The van der Waals surface area contributed by atoms with Crippen LogP contribution in [0, 0.1) is 0 Å². The van der Waals surface area contributed by atoms with Crippen molar-refractivity contribution in [1.29, 1.82) is 0 Å². The molecule has 0 saturated heterocycles. The Hall–Kier alpha value is -2.41. The highest BCUT2D eigenvalue weighted by Gasteiger charge is 2.34. The van der Waals surface area contributed by atoms with Gasteiger partial charge in [-0.05, 0) is 37.6 Å².